The number of carbonyl (C=O) groups is 2. The second-order valence-corrected chi connectivity index (χ2v) is 9.95. The van der Waals surface area contributed by atoms with Crippen LogP contribution in [0.1, 0.15) is 67.2 Å². The van der Waals surface area contributed by atoms with E-state index in [0.29, 0.717) is 6.54 Å². The molecule has 0 radical (unpaired) electrons. The number of nitrogens with zero attached hydrogens (tertiary/aromatic N) is 2. The maximum atomic E-state index is 11.6. The van der Waals surface area contributed by atoms with Crippen molar-refractivity contribution in [1.29, 1.82) is 0 Å². The number of amides is 2. The van der Waals surface area contributed by atoms with Crippen molar-refractivity contribution in [3.05, 3.63) is 0 Å². The van der Waals surface area contributed by atoms with Gasteiger partial charge in [0.2, 0.25) is 0 Å². The summed E-state index contributed by atoms with van der Waals surface area (Å²) >= 11 is 0. The average Bonchev–Trinajstić information content (AvgIpc) is 2.53. The molecule has 0 aromatic heterocycles. The van der Waals surface area contributed by atoms with Crippen LogP contribution < -0.4 is 11.5 Å². The first-order valence-electron chi connectivity index (χ1n) is 10.2. The zero-order chi connectivity index (χ0) is 21.7. The molecule has 2 aliphatic rings. The van der Waals surface area contributed by atoms with Crippen molar-refractivity contribution >= 4 is 12.2 Å². The van der Waals surface area contributed by atoms with E-state index in [9.17, 15) is 9.59 Å². The van der Waals surface area contributed by atoms with Crippen molar-refractivity contribution < 1.29 is 19.4 Å². The van der Waals surface area contributed by atoms with Crippen molar-refractivity contribution in [2.24, 2.45) is 16.9 Å². The molecule has 2 aliphatic heterocycles. The van der Waals surface area contributed by atoms with Gasteiger partial charge < -0.3 is 31.1 Å². The number of rotatable bonds is 0. The fourth-order valence-electron chi connectivity index (χ4n) is 3.45. The van der Waals surface area contributed by atoms with E-state index in [1.165, 1.54) is 4.90 Å². The van der Waals surface area contributed by atoms with E-state index in [1.807, 2.05) is 20.8 Å². The van der Waals surface area contributed by atoms with Gasteiger partial charge in [0.1, 0.15) is 5.60 Å². The van der Waals surface area contributed by atoms with Crippen LogP contribution in [0.4, 0.5) is 9.59 Å². The van der Waals surface area contributed by atoms with E-state index in [2.05, 4.69) is 20.8 Å². The molecule has 5 N–H and O–H groups in total. The normalized spacial score (nSPS) is 24.3. The lowest BCUT2D eigenvalue weighted by Crippen LogP contribution is -2.54. The van der Waals surface area contributed by atoms with Crippen LogP contribution in [0.2, 0.25) is 0 Å². The van der Waals surface area contributed by atoms with Gasteiger partial charge >= 0.3 is 12.2 Å². The van der Waals surface area contributed by atoms with Crippen LogP contribution >= 0.6 is 0 Å². The number of carbonyl (C=O) groups excluding carboxylic acids is 1. The molecular weight excluding hydrogens is 360 g/mol. The second kappa shape index (κ2) is 9.78. The molecule has 2 rings (SSSR count). The molecule has 2 amide bonds. The highest BCUT2D eigenvalue weighted by molar-refractivity contribution is 5.68. The van der Waals surface area contributed by atoms with Crippen molar-refractivity contribution in [3.8, 4) is 0 Å². The number of hydrogen-bond donors (Lipinski definition) is 3. The zero-order valence-corrected chi connectivity index (χ0v) is 18.4. The van der Waals surface area contributed by atoms with E-state index < -0.39 is 11.7 Å². The number of hydrogen-bond acceptors (Lipinski definition) is 5. The van der Waals surface area contributed by atoms with Gasteiger partial charge in [-0.2, -0.15) is 0 Å². The summed E-state index contributed by atoms with van der Waals surface area (Å²) in [6, 6.07) is 0.437. The van der Waals surface area contributed by atoms with Gasteiger partial charge in [-0.15, -0.1) is 0 Å². The molecule has 28 heavy (non-hydrogen) atoms. The molecule has 0 aliphatic carbocycles. The van der Waals surface area contributed by atoms with Crippen LogP contribution in [-0.2, 0) is 4.74 Å². The summed E-state index contributed by atoms with van der Waals surface area (Å²) in [4.78, 5) is 25.8. The third-order valence-electron chi connectivity index (χ3n) is 5.08. The summed E-state index contributed by atoms with van der Waals surface area (Å²) in [6.07, 6.45) is 2.26. The van der Waals surface area contributed by atoms with Gasteiger partial charge in [0.15, 0.2) is 0 Å². The van der Waals surface area contributed by atoms with E-state index in [4.69, 9.17) is 21.3 Å². The molecule has 164 valence electrons. The summed E-state index contributed by atoms with van der Waals surface area (Å²) in [6.45, 7) is 13.8. The van der Waals surface area contributed by atoms with Crippen LogP contribution in [0, 0.1) is 5.41 Å². The van der Waals surface area contributed by atoms with Crippen molar-refractivity contribution in [3.63, 3.8) is 0 Å². The maximum absolute atomic E-state index is 11.6. The molecule has 8 nitrogen and oxygen atoms in total. The van der Waals surface area contributed by atoms with Crippen LogP contribution in [0.3, 0.4) is 0 Å². The summed E-state index contributed by atoms with van der Waals surface area (Å²) in [5.41, 5.74) is 11.2. The van der Waals surface area contributed by atoms with Crippen LogP contribution in [0.25, 0.3) is 0 Å². The standard InChI is InChI=1S/2C10H20N2O2/c1-10(2,3)14-9(13)12-6-4-8(11)5-7-12;1-10(2,3)8-6-7(11)4-5-12(8)9(13)14/h8H,4-7,11H2,1-3H3;7-8H,4-6,11H2,1-3H3,(H,13,14). The fraction of sp³-hybridized carbons (Fsp3) is 0.900. The van der Waals surface area contributed by atoms with Crippen LogP contribution in [-0.4, -0.2) is 70.5 Å². The van der Waals surface area contributed by atoms with Gasteiger partial charge in [-0.3, -0.25) is 0 Å². The Hall–Kier alpha value is -1.54. The topological polar surface area (TPSA) is 122 Å². The molecule has 2 unspecified atom stereocenters. The van der Waals surface area contributed by atoms with Gasteiger partial charge in [0, 0.05) is 37.8 Å². The molecule has 0 aromatic carbocycles. The first kappa shape index (κ1) is 24.5. The van der Waals surface area contributed by atoms with Crippen molar-refractivity contribution in [2.45, 2.75) is 91.0 Å². The third-order valence-corrected chi connectivity index (χ3v) is 5.08. The number of ether oxygens (including phenoxy) is 1. The Labute approximate surface area is 169 Å². The number of nitrogens with two attached hydrogens (primary N) is 2. The van der Waals surface area contributed by atoms with Gasteiger partial charge in [-0.05, 0) is 51.9 Å². The summed E-state index contributed by atoms with van der Waals surface area (Å²) < 4.78 is 5.26. The lowest BCUT2D eigenvalue weighted by molar-refractivity contribution is 0.0206. The highest BCUT2D eigenvalue weighted by Crippen LogP contribution is 2.31. The molecule has 8 heteroatoms. The van der Waals surface area contributed by atoms with E-state index >= 15 is 0 Å². The Morgan fingerprint density at radius 2 is 1.43 bits per heavy atom. The average molecular weight is 401 g/mol. The van der Waals surface area contributed by atoms with Crippen LogP contribution in [0.15, 0.2) is 0 Å². The summed E-state index contributed by atoms with van der Waals surface area (Å²) in [7, 11) is 0. The van der Waals surface area contributed by atoms with Crippen molar-refractivity contribution in [2.75, 3.05) is 19.6 Å². The molecule has 0 saturated carbocycles. The SMILES string of the molecule is CC(C)(C)C1CC(N)CCN1C(=O)O.CC(C)(C)OC(=O)N1CCC(N)CC1. The van der Waals surface area contributed by atoms with E-state index in [0.717, 1.165) is 38.8 Å². The lowest BCUT2D eigenvalue weighted by atomic mass is 9.79. The molecular formula is C20H40N4O4. The minimum Gasteiger partial charge on any atom is -0.465 e. The van der Waals surface area contributed by atoms with Gasteiger partial charge in [-0.1, -0.05) is 20.8 Å². The Kier molecular flexibility index (Phi) is 8.56. The molecule has 2 saturated heterocycles. The smallest absolute Gasteiger partial charge is 0.410 e. The number of piperidine rings is 2. The van der Waals surface area contributed by atoms with Crippen molar-refractivity contribution in [1.82, 2.24) is 9.80 Å². The van der Waals surface area contributed by atoms with Gasteiger partial charge in [0.05, 0.1) is 0 Å². The molecule has 0 bridgehead atoms. The Balaban J connectivity index is 0.000000280. The highest BCUT2D eigenvalue weighted by atomic mass is 16.6. The predicted octanol–water partition coefficient (Wildman–Crippen LogP) is 2.85. The maximum Gasteiger partial charge on any atom is 0.410 e. The molecule has 2 fully saturated rings. The van der Waals surface area contributed by atoms with Gasteiger partial charge in [-0.25, -0.2) is 9.59 Å². The molecule has 2 heterocycles. The van der Waals surface area contributed by atoms with Gasteiger partial charge in [0.25, 0.3) is 0 Å². The molecule has 2 atom stereocenters. The minimum atomic E-state index is -0.822. The largest absolute Gasteiger partial charge is 0.465 e. The summed E-state index contributed by atoms with van der Waals surface area (Å²) in [5, 5.41) is 9.04. The Bertz CT molecular complexity index is 519. The zero-order valence-electron chi connectivity index (χ0n) is 18.4. The molecule has 0 aromatic rings. The quantitative estimate of drug-likeness (QED) is 0.575. The molecule has 0 spiro atoms. The first-order chi connectivity index (χ1) is 12.7. The monoisotopic (exact) mass is 400 g/mol. The number of likely N-dealkylation sites (tertiary alicyclic amines) is 2. The first-order valence-corrected chi connectivity index (χ1v) is 10.2. The van der Waals surface area contributed by atoms with E-state index in [1.54, 1.807) is 4.90 Å². The Morgan fingerprint density at radius 3 is 1.86 bits per heavy atom. The predicted molar refractivity (Wildman–Crippen MR) is 110 cm³/mol. The van der Waals surface area contributed by atoms with Crippen LogP contribution in [0.5, 0.6) is 0 Å². The Morgan fingerprint density at radius 1 is 0.929 bits per heavy atom. The highest BCUT2D eigenvalue weighted by Gasteiger charge is 2.37. The summed E-state index contributed by atoms with van der Waals surface area (Å²) in [5.74, 6) is 0. The fourth-order valence-corrected chi connectivity index (χ4v) is 3.45. The second-order valence-electron chi connectivity index (χ2n) is 9.95. The number of carboxylic acid groups (broad SMARTS) is 1. The third kappa shape index (κ3) is 8.22. The van der Waals surface area contributed by atoms with E-state index in [-0.39, 0.29) is 29.6 Å². The lowest BCUT2D eigenvalue weighted by Gasteiger charge is -2.43. The minimum absolute atomic E-state index is 0.0313.